The number of hydrogen-bond donors (Lipinski definition) is 2. The van der Waals surface area contributed by atoms with E-state index in [0.29, 0.717) is 17.7 Å². The molecule has 1 aromatic carbocycles. The lowest BCUT2D eigenvalue weighted by molar-refractivity contribution is 0.388. The van der Waals surface area contributed by atoms with E-state index in [-0.39, 0.29) is 0 Å². The van der Waals surface area contributed by atoms with Gasteiger partial charge in [-0.3, -0.25) is 0 Å². The quantitative estimate of drug-likeness (QED) is 0.821. The number of benzene rings is 1. The molecule has 0 saturated carbocycles. The molecule has 1 unspecified atom stereocenters. The van der Waals surface area contributed by atoms with Gasteiger partial charge in [0.05, 0.1) is 7.11 Å². The lowest BCUT2D eigenvalue weighted by atomic mass is 10.1. The average Bonchev–Trinajstić information content (AvgIpc) is 2.52. The van der Waals surface area contributed by atoms with Crippen LogP contribution in [-0.4, -0.2) is 23.2 Å². The highest BCUT2D eigenvalue weighted by molar-refractivity contribution is 5.26. The van der Waals surface area contributed by atoms with E-state index in [1.165, 1.54) is 5.56 Å². The third-order valence-electron chi connectivity index (χ3n) is 3.49. The molecular weight excluding hydrogens is 264 g/mol. The summed E-state index contributed by atoms with van der Waals surface area (Å²) in [5.74, 6) is 0.990. The number of aromatic hydroxyl groups is 1. The van der Waals surface area contributed by atoms with Crippen LogP contribution in [0.4, 0.5) is 0 Å². The number of nitrogens with one attached hydrogen (secondary N) is 1. The molecule has 2 rings (SSSR count). The van der Waals surface area contributed by atoms with Gasteiger partial charge in [0.25, 0.3) is 0 Å². The fourth-order valence-corrected chi connectivity index (χ4v) is 2.17. The van der Waals surface area contributed by atoms with Gasteiger partial charge in [-0.15, -0.1) is 0 Å². The largest absolute Gasteiger partial charge is 0.508 e. The fourth-order valence-electron chi connectivity index (χ4n) is 2.17. The van der Waals surface area contributed by atoms with Crippen molar-refractivity contribution in [1.82, 2.24) is 10.3 Å². The molecule has 112 valence electrons. The number of nitrogens with zero attached hydrogens (tertiary/aromatic N) is 1. The first-order valence-corrected chi connectivity index (χ1v) is 7.18. The Morgan fingerprint density at radius 3 is 2.71 bits per heavy atom. The molecule has 4 heteroatoms. The first-order valence-electron chi connectivity index (χ1n) is 7.18. The highest BCUT2D eigenvalue weighted by Gasteiger charge is 2.06. The Bertz CT molecular complexity index is 555. The van der Waals surface area contributed by atoms with Crippen LogP contribution < -0.4 is 10.1 Å². The summed E-state index contributed by atoms with van der Waals surface area (Å²) >= 11 is 0. The van der Waals surface area contributed by atoms with Crippen molar-refractivity contribution < 1.29 is 9.84 Å². The van der Waals surface area contributed by atoms with Crippen LogP contribution in [-0.2, 0) is 13.0 Å². The predicted molar refractivity (Wildman–Crippen MR) is 83.5 cm³/mol. The van der Waals surface area contributed by atoms with Crippen LogP contribution >= 0.6 is 0 Å². The standard InChI is InChI=1S/C17H22N2O2/c1-13(5-6-14-7-9-16(20)10-8-14)19-12-15-4-3-11-18-17(15)21-2/h3-4,7-11,13,19-20H,5-6,12H2,1-2H3. The number of rotatable bonds is 7. The number of pyridine rings is 1. The minimum atomic E-state index is 0.314. The van der Waals surface area contributed by atoms with Crippen molar-refractivity contribution in [1.29, 1.82) is 0 Å². The average molecular weight is 286 g/mol. The van der Waals surface area contributed by atoms with Crippen LogP contribution in [0, 0.1) is 0 Å². The van der Waals surface area contributed by atoms with Crippen LogP contribution in [0.15, 0.2) is 42.6 Å². The highest BCUT2D eigenvalue weighted by atomic mass is 16.5. The fraction of sp³-hybridized carbons (Fsp3) is 0.353. The van der Waals surface area contributed by atoms with E-state index in [1.54, 1.807) is 25.4 Å². The normalized spacial score (nSPS) is 12.1. The molecule has 2 aromatic rings. The number of phenolic OH excluding ortho intramolecular Hbond substituents is 1. The molecule has 0 spiro atoms. The zero-order chi connectivity index (χ0) is 15.1. The minimum Gasteiger partial charge on any atom is -0.508 e. The Labute approximate surface area is 125 Å². The molecule has 1 atom stereocenters. The topological polar surface area (TPSA) is 54.4 Å². The van der Waals surface area contributed by atoms with Crippen molar-refractivity contribution in [2.45, 2.75) is 32.4 Å². The summed E-state index contributed by atoms with van der Waals surface area (Å²) in [7, 11) is 1.64. The van der Waals surface area contributed by atoms with Crippen molar-refractivity contribution >= 4 is 0 Å². The first kappa shape index (κ1) is 15.3. The molecule has 0 aliphatic rings. The van der Waals surface area contributed by atoms with Crippen molar-refractivity contribution in [2.75, 3.05) is 7.11 Å². The molecule has 0 aliphatic carbocycles. The maximum absolute atomic E-state index is 9.26. The number of hydrogen-bond acceptors (Lipinski definition) is 4. The van der Waals surface area contributed by atoms with E-state index >= 15 is 0 Å². The molecule has 4 nitrogen and oxygen atoms in total. The maximum atomic E-state index is 9.26. The van der Waals surface area contributed by atoms with Crippen LogP contribution in [0.2, 0.25) is 0 Å². The van der Waals surface area contributed by atoms with Crippen LogP contribution in [0.25, 0.3) is 0 Å². The van der Waals surface area contributed by atoms with Gasteiger partial charge in [0.2, 0.25) is 5.88 Å². The second-order valence-corrected chi connectivity index (χ2v) is 5.16. The third kappa shape index (κ3) is 4.76. The van der Waals surface area contributed by atoms with Crippen molar-refractivity contribution in [2.24, 2.45) is 0 Å². The van der Waals surface area contributed by atoms with Gasteiger partial charge in [-0.1, -0.05) is 18.2 Å². The van der Waals surface area contributed by atoms with Crippen molar-refractivity contribution in [3.8, 4) is 11.6 Å². The number of ether oxygens (including phenoxy) is 1. The van der Waals surface area contributed by atoms with Crippen LogP contribution in [0.5, 0.6) is 11.6 Å². The Hall–Kier alpha value is -2.07. The van der Waals surface area contributed by atoms with E-state index < -0.39 is 0 Å². The highest BCUT2D eigenvalue weighted by Crippen LogP contribution is 2.14. The minimum absolute atomic E-state index is 0.314. The lowest BCUT2D eigenvalue weighted by Crippen LogP contribution is -2.26. The van der Waals surface area contributed by atoms with Gasteiger partial charge in [-0.25, -0.2) is 4.98 Å². The molecule has 1 aromatic heterocycles. The Kier molecular flexibility index (Phi) is 5.58. The van der Waals surface area contributed by atoms with Gasteiger partial charge in [-0.05, 0) is 43.5 Å². The predicted octanol–water partition coefficient (Wildman–Crippen LogP) is 2.91. The van der Waals surface area contributed by atoms with E-state index in [1.807, 2.05) is 24.3 Å². The summed E-state index contributed by atoms with van der Waals surface area (Å²) in [5, 5.41) is 12.7. The molecule has 21 heavy (non-hydrogen) atoms. The lowest BCUT2D eigenvalue weighted by Gasteiger charge is -2.15. The molecule has 2 N–H and O–H groups in total. The number of aryl methyl sites for hydroxylation is 1. The molecule has 0 aliphatic heterocycles. The van der Waals surface area contributed by atoms with E-state index in [2.05, 4.69) is 17.2 Å². The second-order valence-electron chi connectivity index (χ2n) is 5.16. The Morgan fingerprint density at radius 1 is 1.24 bits per heavy atom. The SMILES string of the molecule is COc1ncccc1CNC(C)CCc1ccc(O)cc1. The van der Waals surface area contributed by atoms with Crippen LogP contribution in [0.3, 0.4) is 0 Å². The van der Waals surface area contributed by atoms with Crippen molar-refractivity contribution in [3.05, 3.63) is 53.7 Å². The monoisotopic (exact) mass is 286 g/mol. The third-order valence-corrected chi connectivity index (χ3v) is 3.49. The molecular formula is C17H22N2O2. The summed E-state index contributed by atoms with van der Waals surface area (Å²) in [4.78, 5) is 4.19. The van der Waals surface area contributed by atoms with Gasteiger partial charge >= 0.3 is 0 Å². The Balaban J connectivity index is 1.79. The molecule has 0 bridgehead atoms. The summed E-state index contributed by atoms with van der Waals surface area (Å²) in [5.41, 5.74) is 2.30. The zero-order valence-corrected chi connectivity index (χ0v) is 12.5. The molecule has 1 heterocycles. The maximum Gasteiger partial charge on any atom is 0.217 e. The molecule has 0 radical (unpaired) electrons. The van der Waals surface area contributed by atoms with Crippen LogP contribution in [0.1, 0.15) is 24.5 Å². The Morgan fingerprint density at radius 2 is 2.00 bits per heavy atom. The van der Waals surface area contributed by atoms with E-state index in [9.17, 15) is 5.11 Å². The smallest absolute Gasteiger partial charge is 0.217 e. The van der Waals surface area contributed by atoms with E-state index in [0.717, 1.165) is 24.9 Å². The van der Waals surface area contributed by atoms with Gasteiger partial charge in [0.15, 0.2) is 0 Å². The van der Waals surface area contributed by atoms with Gasteiger partial charge < -0.3 is 15.2 Å². The van der Waals surface area contributed by atoms with Gasteiger partial charge in [0, 0.05) is 24.3 Å². The molecule has 0 amide bonds. The van der Waals surface area contributed by atoms with Gasteiger partial charge in [0.1, 0.15) is 5.75 Å². The molecule has 0 fully saturated rings. The summed E-state index contributed by atoms with van der Waals surface area (Å²) in [6.07, 6.45) is 3.75. The van der Waals surface area contributed by atoms with Crippen molar-refractivity contribution in [3.63, 3.8) is 0 Å². The van der Waals surface area contributed by atoms with E-state index in [4.69, 9.17) is 4.74 Å². The molecule has 0 saturated heterocycles. The second kappa shape index (κ2) is 7.64. The summed E-state index contributed by atoms with van der Waals surface area (Å²) < 4.78 is 5.24. The summed E-state index contributed by atoms with van der Waals surface area (Å²) in [6, 6.07) is 11.7. The first-order chi connectivity index (χ1) is 10.2. The summed E-state index contributed by atoms with van der Waals surface area (Å²) in [6.45, 7) is 2.91. The van der Waals surface area contributed by atoms with Gasteiger partial charge in [-0.2, -0.15) is 0 Å². The zero-order valence-electron chi connectivity index (χ0n) is 12.5. The number of methoxy groups -OCH3 is 1. The number of aromatic nitrogens is 1. The number of phenols is 1.